The maximum atomic E-state index is 12.6. The Labute approximate surface area is 186 Å². The summed E-state index contributed by atoms with van der Waals surface area (Å²) in [5, 5.41) is 2.64. The second-order valence-electron chi connectivity index (χ2n) is 7.50. The van der Waals surface area contributed by atoms with Crippen LogP contribution in [-0.4, -0.2) is 45.9 Å². The number of carbonyl (C=O) groups is 3. The fourth-order valence-corrected chi connectivity index (χ4v) is 4.75. The van der Waals surface area contributed by atoms with Crippen molar-refractivity contribution in [3.8, 4) is 0 Å². The fraction of sp³-hybridized carbons (Fsp3) is 0.318. The van der Waals surface area contributed by atoms with Crippen molar-refractivity contribution in [1.82, 2.24) is 4.72 Å². The highest BCUT2D eigenvalue weighted by atomic mass is 32.2. The first kappa shape index (κ1) is 23.4. The predicted octanol–water partition coefficient (Wildman–Crippen LogP) is 2.08. The molecule has 0 saturated heterocycles. The van der Waals surface area contributed by atoms with Crippen LogP contribution in [0.5, 0.6) is 0 Å². The average Bonchev–Trinajstić information content (AvgIpc) is 3.08. The predicted molar refractivity (Wildman–Crippen MR) is 119 cm³/mol. The molecule has 170 valence electrons. The van der Waals surface area contributed by atoms with Gasteiger partial charge in [-0.15, -0.1) is 0 Å². The maximum Gasteiger partial charge on any atom is 0.337 e. The number of hydrogen-bond donors (Lipinski definition) is 2. The van der Waals surface area contributed by atoms with Gasteiger partial charge in [0.05, 0.1) is 17.6 Å². The lowest BCUT2D eigenvalue weighted by Crippen LogP contribution is -2.33. The number of ether oxygens (including phenoxy) is 1. The number of nitrogens with one attached hydrogen (secondary N) is 2. The third-order valence-electron chi connectivity index (χ3n) is 5.15. The first-order valence-corrected chi connectivity index (χ1v) is 11.5. The van der Waals surface area contributed by atoms with Gasteiger partial charge in [0.1, 0.15) is 0 Å². The second-order valence-corrected chi connectivity index (χ2v) is 9.26. The molecule has 2 N–H and O–H groups in total. The van der Waals surface area contributed by atoms with Crippen LogP contribution < -0.4 is 14.9 Å². The molecule has 2 amide bonds. The molecule has 9 nitrogen and oxygen atoms in total. The van der Waals surface area contributed by atoms with E-state index in [0.29, 0.717) is 17.7 Å². The second kappa shape index (κ2) is 9.49. The third-order valence-corrected chi connectivity index (χ3v) is 6.61. The van der Waals surface area contributed by atoms with Crippen LogP contribution in [0.4, 0.5) is 11.4 Å². The van der Waals surface area contributed by atoms with E-state index in [9.17, 15) is 22.8 Å². The van der Waals surface area contributed by atoms with Gasteiger partial charge >= 0.3 is 5.97 Å². The van der Waals surface area contributed by atoms with Crippen LogP contribution in [0.2, 0.25) is 0 Å². The summed E-state index contributed by atoms with van der Waals surface area (Å²) >= 11 is 0. The van der Waals surface area contributed by atoms with Crippen molar-refractivity contribution in [2.24, 2.45) is 0 Å². The van der Waals surface area contributed by atoms with Crippen molar-refractivity contribution in [3.05, 3.63) is 53.6 Å². The van der Waals surface area contributed by atoms with Gasteiger partial charge in [0.15, 0.2) is 0 Å². The lowest BCUT2D eigenvalue weighted by Gasteiger charge is -2.20. The number of fused-ring (bicyclic) bond motifs is 1. The fourth-order valence-electron chi connectivity index (χ4n) is 3.67. The summed E-state index contributed by atoms with van der Waals surface area (Å²) in [4.78, 5) is 37.1. The van der Waals surface area contributed by atoms with Crippen LogP contribution in [0.1, 0.15) is 36.2 Å². The molecule has 0 unspecified atom stereocenters. The zero-order chi connectivity index (χ0) is 23.5. The number of rotatable bonds is 7. The van der Waals surface area contributed by atoms with Gasteiger partial charge in [-0.2, -0.15) is 0 Å². The number of anilines is 2. The average molecular weight is 460 g/mol. The summed E-state index contributed by atoms with van der Waals surface area (Å²) in [6.07, 6.45) is 0.507. The minimum absolute atomic E-state index is 0.0289. The van der Waals surface area contributed by atoms with Gasteiger partial charge in [0.2, 0.25) is 21.8 Å². The summed E-state index contributed by atoms with van der Waals surface area (Å²) in [5.74, 6) is -0.943. The molecule has 3 rings (SSSR count). The van der Waals surface area contributed by atoms with Crippen LogP contribution in [0.15, 0.2) is 47.4 Å². The van der Waals surface area contributed by atoms with Crippen LogP contribution in [0.3, 0.4) is 0 Å². The number of methoxy groups -OCH3 is 1. The van der Waals surface area contributed by atoms with E-state index in [0.717, 1.165) is 11.3 Å². The van der Waals surface area contributed by atoms with Crippen molar-refractivity contribution < 1.29 is 27.5 Å². The molecule has 2 aromatic carbocycles. The highest BCUT2D eigenvalue weighted by Gasteiger charge is 2.30. The molecule has 0 saturated carbocycles. The van der Waals surface area contributed by atoms with E-state index in [2.05, 4.69) is 14.8 Å². The van der Waals surface area contributed by atoms with Crippen LogP contribution in [-0.2, 0) is 30.8 Å². The number of amides is 2. The van der Waals surface area contributed by atoms with Gasteiger partial charge in [-0.3, -0.25) is 9.59 Å². The molecule has 1 heterocycles. The number of nitrogens with zero attached hydrogens (tertiary/aromatic N) is 1. The van der Waals surface area contributed by atoms with E-state index in [1.807, 2.05) is 6.92 Å². The lowest BCUT2D eigenvalue weighted by molar-refractivity contribution is -0.117. The van der Waals surface area contributed by atoms with Crippen molar-refractivity contribution in [1.29, 1.82) is 0 Å². The first-order valence-electron chi connectivity index (χ1n) is 10.0. The highest BCUT2D eigenvalue weighted by Crippen LogP contribution is 2.33. The Balaban J connectivity index is 1.57. The Morgan fingerprint density at radius 3 is 2.44 bits per heavy atom. The SMILES string of the molecule is COC(=O)c1ccc(NC(=O)CCNS(=O)(=O)c2ccc3c(c2)C[C@H](C)N3C(C)=O)cc1. The van der Waals surface area contributed by atoms with Crippen LogP contribution in [0, 0.1) is 0 Å². The summed E-state index contributed by atoms with van der Waals surface area (Å²) in [6, 6.07) is 10.8. The van der Waals surface area contributed by atoms with Gasteiger partial charge in [-0.05, 0) is 61.4 Å². The largest absolute Gasteiger partial charge is 0.465 e. The monoisotopic (exact) mass is 459 g/mol. The van der Waals surface area contributed by atoms with Gasteiger partial charge < -0.3 is 15.0 Å². The summed E-state index contributed by atoms with van der Waals surface area (Å²) in [7, 11) is -2.53. The lowest BCUT2D eigenvalue weighted by atomic mass is 10.1. The molecule has 0 bridgehead atoms. The zero-order valence-electron chi connectivity index (χ0n) is 18.0. The Morgan fingerprint density at radius 1 is 1.12 bits per heavy atom. The van der Waals surface area contributed by atoms with E-state index in [1.165, 1.54) is 32.2 Å². The minimum atomic E-state index is -3.81. The van der Waals surface area contributed by atoms with Crippen molar-refractivity contribution in [3.63, 3.8) is 0 Å². The number of sulfonamides is 1. The quantitative estimate of drug-likeness (QED) is 0.612. The molecule has 0 spiro atoms. The van der Waals surface area contributed by atoms with Crippen LogP contribution >= 0.6 is 0 Å². The third kappa shape index (κ3) is 5.14. The van der Waals surface area contributed by atoms with E-state index in [-0.39, 0.29) is 35.7 Å². The summed E-state index contributed by atoms with van der Waals surface area (Å²) in [5.41, 5.74) is 2.35. The van der Waals surface area contributed by atoms with Gasteiger partial charge in [0, 0.05) is 37.3 Å². The molecule has 0 radical (unpaired) electrons. The number of hydrogen-bond acceptors (Lipinski definition) is 6. The van der Waals surface area contributed by atoms with E-state index in [1.54, 1.807) is 29.2 Å². The Kier molecular flexibility index (Phi) is 6.95. The highest BCUT2D eigenvalue weighted by molar-refractivity contribution is 7.89. The first-order chi connectivity index (χ1) is 15.1. The number of benzene rings is 2. The van der Waals surface area contributed by atoms with Crippen molar-refractivity contribution in [2.75, 3.05) is 23.9 Å². The molecule has 0 aliphatic carbocycles. The van der Waals surface area contributed by atoms with E-state index in [4.69, 9.17) is 0 Å². The zero-order valence-corrected chi connectivity index (χ0v) is 18.9. The van der Waals surface area contributed by atoms with Crippen molar-refractivity contribution in [2.45, 2.75) is 37.6 Å². The molecule has 1 aliphatic heterocycles. The molecular formula is C22H25N3O6S. The molecular weight excluding hydrogens is 434 g/mol. The van der Waals surface area contributed by atoms with Gasteiger partial charge in [-0.1, -0.05) is 0 Å². The topological polar surface area (TPSA) is 122 Å². The molecule has 0 aromatic heterocycles. The summed E-state index contributed by atoms with van der Waals surface area (Å²) < 4.78 is 32.3. The van der Waals surface area contributed by atoms with Gasteiger partial charge in [0.25, 0.3) is 0 Å². The Bertz CT molecular complexity index is 1140. The minimum Gasteiger partial charge on any atom is -0.465 e. The Morgan fingerprint density at radius 2 is 1.81 bits per heavy atom. The van der Waals surface area contributed by atoms with Gasteiger partial charge in [-0.25, -0.2) is 17.9 Å². The smallest absolute Gasteiger partial charge is 0.337 e. The Hall–Kier alpha value is -3.24. The number of esters is 1. The maximum absolute atomic E-state index is 12.6. The standard InChI is InChI=1S/C22H25N3O6S/c1-14-12-17-13-19(8-9-20(17)25(14)15(2)26)32(29,30)23-11-10-21(27)24-18-6-4-16(5-7-18)22(28)31-3/h4-9,13-14,23H,10-12H2,1-3H3,(H,24,27)/t14-/m0/s1. The molecule has 32 heavy (non-hydrogen) atoms. The van der Waals surface area contributed by atoms with E-state index < -0.39 is 16.0 Å². The van der Waals surface area contributed by atoms with Crippen LogP contribution in [0.25, 0.3) is 0 Å². The summed E-state index contributed by atoms with van der Waals surface area (Å²) in [6.45, 7) is 3.31. The molecule has 2 aromatic rings. The molecule has 1 aliphatic rings. The molecule has 10 heteroatoms. The number of carbonyl (C=O) groups excluding carboxylic acids is 3. The molecule has 0 fully saturated rings. The normalized spacial score (nSPS) is 15.2. The molecule has 1 atom stereocenters. The van der Waals surface area contributed by atoms with E-state index >= 15 is 0 Å². The van der Waals surface area contributed by atoms with Crippen molar-refractivity contribution >= 4 is 39.2 Å².